The van der Waals surface area contributed by atoms with E-state index >= 15 is 0 Å². The highest BCUT2D eigenvalue weighted by Crippen LogP contribution is 2.25. The number of carbonyl (C=O) groups excluding carboxylic acids is 1. The number of nitrogens with one attached hydrogen (secondary N) is 1. The molecule has 5 nitrogen and oxygen atoms in total. The fourth-order valence-electron chi connectivity index (χ4n) is 2.95. The number of hydrogen-bond acceptors (Lipinski definition) is 3. The van der Waals surface area contributed by atoms with Crippen LogP contribution >= 0.6 is 0 Å². The van der Waals surface area contributed by atoms with Gasteiger partial charge in [-0.3, -0.25) is 0 Å². The number of urea groups is 1. The number of ether oxygens (including phenoxy) is 2. The highest BCUT2D eigenvalue weighted by Gasteiger charge is 2.19. The summed E-state index contributed by atoms with van der Waals surface area (Å²) in [4.78, 5) is 14.0. The molecule has 1 N–H and O–H groups in total. The Labute approximate surface area is 159 Å². The summed E-state index contributed by atoms with van der Waals surface area (Å²) in [6.45, 7) is 4.77. The molecule has 0 spiro atoms. The van der Waals surface area contributed by atoms with Gasteiger partial charge in [-0.1, -0.05) is 31.2 Å². The molecule has 0 saturated carbocycles. The van der Waals surface area contributed by atoms with Crippen molar-refractivity contribution in [3.05, 3.63) is 65.0 Å². The molecular weight excluding hydrogens is 347 g/mol. The smallest absolute Gasteiger partial charge is 0.317 e. The van der Waals surface area contributed by atoms with Crippen molar-refractivity contribution >= 4 is 6.03 Å². The minimum Gasteiger partial charge on any atom is -0.491 e. The Kier molecular flexibility index (Phi) is 6.65. The highest BCUT2D eigenvalue weighted by atomic mass is 19.1. The van der Waals surface area contributed by atoms with Crippen LogP contribution in [0.3, 0.4) is 0 Å². The quantitative estimate of drug-likeness (QED) is 0.838. The number of amides is 2. The van der Waals surface area contributed by atoms with E-state index in [4.69, 9.17) is 9.47 Å². The topological polar surface area (TPSA) is 50.8 Å². The first-order chi connectivity index (χ1) is 13.2. The maximum absolute atomic E-state index is 13.7. The Morgan fingerprint density at radius 3 is 2.93 bits per heavy atom. The molecule has 144 valence electrons. The molecule has 0 atom stereocenters. The number of nitrogens with zero attached hydrogens (tertiary/aromatic N) is 1. The van der Waals surface area contributed by atoms with Gasteiger partial charge in [0.25, 0.3) is 0 Å². The summed E-state index contributed by atoms with van der Waals surface area (Å²) in [5, 5.41) is 2.90. The molecule has 0 radical (unpaired) electrons. The van der Waals surface area contributed by atoms with Gasteiger partial charge in [0, 0.05) is 17.7 Å². The number of rotatable bonds is 6. The zero-order chi connectivity index (χ0) is 19.1. The SMILES string of the molecule is CCCNC(=O)N1CCOc2ccc(COCc3ccccc3F)cc2C1. The highest BCUT2D eigenvalue weighted by molar-refractivity contribution is 5.74. The Morgan fingerprint density at radius 1 is 1.26 bits per heavy atom. The predicted octanol–water partition coefficient (Wildman–Crippen LogP) is 3.86. The van der Waals surface area contributed by atoms with Gasteiger partial charge >= 0.3 is 6.03 Å². The van der Waals surface area contributed by atoms with Crippen LogP contribution < -0.4 is 10.1 Å². The van der Waals surface area contributed by atoms with Gasteiger partial charge < -0.3 is 19.7 Å². The lowest BCUT2D eigenvalue weighted by Gasteiger charge is -2.20. The second kappa shape index (κ2) is 9.37. The third kappa shape index (κ3) is 5.20. The molecule has 2 aromatic carbocycles. The summed E-state index contributed by atoms with van der Waals surface area (Å²) in [5.41, 5.74) is 2.45. The average molecular weight is 372 g/mol. The van der Waals surface area contributed by atoms with Crippen LogP contribution in [0.1, 0.15) is 30.0 Å². The number of hydrogen-bond donors (Lipinski definition) is 1. The molecule has 1 aliphatic rings. The summed E-state index contributed by atoms with van der Waals surface area (Å²) >= 11 is 0. The predicted molar refractivity (Wildman–Crippen MR) is 101 cm³/mol. The summed E-state index contributed by atoms with van der Waals surface area (Å²) in [7, 11) is 0. The number of carbonyl (C=O) groups is 1. The number of halogens is 1. The van der Waals surface area contributed by atoms with E-state index in [1.165, 1.54) is 6.07 Å². The molecule has 6 heteroatoms. The minimum atomic E-state index is -0.262. The molecular formula is C21H25FN2O3. The lowest BCUT2D eigenvalue weighted by molar-refractivity contribution is 0.105. The van der Waals surface area contributed by atoms with E-state index in [0.29, 0.717) is 38.4 Å². The maximum atomic E-state index is 13.7. The first-order valence-corrected chi connectivity index (χ1v) is 9.26. The van der Waals surface area contributed by atoms with Crippen molar-refractivity contribution in [2.24, 2.45) is 0 Å². The van der Waals surface area contributed by atoms with E-state index in [0.717, 1.165) is 23.3 Å². The standard InChI is InChI=1S/C21H25FN2O3/c1-2-9-23-21(25)24-10-11-27-20-8-7-16(12-18(20)13-24)14-26-15-17-5-3-4-6-19(17)22/h3-8,12H,2,9-11,13-15H2,1H3,(H,23,25). The van der Waals surface area contributed by atoms with Crippen molar-refractivity contribution in [2.75, 3.05) is 19.7 Å². The minimum absolute atomic E-state index is 0.0745. The molecule has 0 aromatic heterocycles. The Bertz CT molecular complexity index is 782. The number of fused-ring (bicyclic) bond motifs is 1. The molecule has 3 rings (SSSR count). The first kappa shape index (κ1) is 19.2. The van der Waals surface area contributed by atoms with Crippen LogP contribution in [0, 0.1) is 5.82 Å². The summed E-state index contributed by atoms with van der Waals surface area (Å²) in [6.07, 6.45) is 0.899. The normalized spacial score (nSPS) is 13.5. The van der Waals surface area contributed by atoms with Crippen LogP contribution in [0.2, 0.25) is 0 Å². The number of benzene rings is 2. The van der Waals surface area contributed by atoms with Crippen molar-refractivity contribution in [3.63, 3.8) is 0 Å². The van der Waals surface area contributed by atoms with Crippen LogP contribution in [-0.2, 0) is 24.5 Å². The van der Waals surface area contributed by atoms with E-state index in [9.17, 15) is 9.18 Å². The van der Waals surface area contributed by atoms with Gasteiger partial charge in [0.05, 0.1) is 26.3 Å². The largest absolute Gasteiger partial charge is 0.491 e. The Balaban J connectivity index is 1.62. The Hall–Kier alpha value is -2.60. The fraction of sp³-hybridized carbons (Fsp3) is 0.381. The van der Waals surface area contributed by atoms with Crippen molar-refractivity contribution in [1.82, 2.24) is 10.2 Å². The third-order valence-electron chi connectivity index (χ3n) is 4.40. The van der Waals surface area contributed by atoms with E-state index in [1.807, 2.05) is 25.1 Å². The lowest BCUT2D eigenvalue weighted by Crippen LogP contribution is -2.40. The monoisotopic (exact) mass is 372 g/mol. The molecule has 0 saturated heterocycles. The van der Waals surface area contributed by atoms with Crippen LogP contribution in [0.4, 0.5) is 9.18 Å². The van der Waals surface area contributed by atoms with Crippen molar-refractivity contribution in [3.8, 4) is 5.75 Å². The molecule has 0 aliphatic carbocycles. The van der Waals surface area contributed by atoms with Gasteiger partial charge in [0.15, 0.2) is 0 Å². The van der Waals surface area contributed by atoms with Crippen molar-refractivity contribution < 1.29 is 18.7 Å². The molecule has 0 fully saturated rings. The summed E-state index contributed by atoms with van der Waals surface area (Å²) < 4.78 is 25.1. The summed E-state index contributed by atoms with van der Waals surface area (Å²) in [6, 6.07) is 12.4. The molecule has 1 aliphatic heterocycles. The second-order valence-electron chi connectivity index (χ2n) is 6.53. The van der Waals surface area contributed by atoms with E-state index in [1.54, 1.807) is 23.1 Å². The summed E-state index contributed by atoms with van der Waals surface area (Å²) in [5.74, 6) is 0.528. The van der Waals surface area contributed by atoms with Crippen LogP contribution in [0.15, 0.2) is 42.5 Å². The molecule has 27 heavy (non-hydrogen) atoms. The molecule has 2 amide bonds. The van der Waals surface area contributed by atoms with Gasteiger partial charge in [-0.05, 0) is 30.2 Å². The second-order valence-corrected chi connectivity index (χ2v) is 6.53. The van der Waals surface area contributed by atoms with Gasteiger partial charge in [-0.15, -0.1) is 0 Å². The fourth-order valence-corrected chi connectivity index (χ4v) is 2.95. The molecule has 0 unspecified atom stereocenters. The van der Waals surface area contributed by atoms with Gasteiger partial charge in [0.1, 0.15) is 18.2 Å². The van der Waals surface area contributed by atoms with Crippen LogP contribution in [-0.4, -0.2) is 30.6 Å². The van der Waals surface area contributed by atoms with Crippen molar-refractivity contribution in [2.45, 2.75) is 33.1 Å². The first-order valence-electron chi connectivity index (χ1n) is 9.26. The van der Waals surface area contributed by atoms with Crippen LogP contribution in [0.25, 0.3) is 0 Å². The zero-order valence-electron chi connectivity index (χ0n) is 15.5. The average Bonchev–Trinajstić information content (AvgIpc) is 2.89. The Morgan fingerprint density at radius 2 is 2.11 bits per heavy atom. The molecule has 1 heterocycles. The lowest BCUT2D eigenvalue weighted by atomic mass is 10.1. The van der Waals surface area contributed by atoms with Gasteiger partial charge in [-0.25, -0.2) is 9.18 Å². The third-order valence-corrected chi connectivity index (χ3v) is 4.40. The maximum Gasteiger partial charge on any atom is 0.317 e. The van der Waals surface area contributed by atoms with E-state index in [2.05, 4.69) is 5.32 Å². The molecule has 0 bridgehead atoms. The molecule has 2 aromatic rings. The van der Waals surface area contributed by atoms with Crippen LogP contribution in [0.5, 0.6) is 5.75 Å². The van der Waals surface area contributed by atoms with Crippen molar-refractivity contribution in [1.29, 1.82) is 0 Å². The zero-order valence-corrected chi connectivity index (χ0v) is 15.5. The van der Waals surface area contributed by atoms with Gasteiger partial charge in [-0.2, -0.15) is 0 Å². The van der Waals surface area contributed by atoms with E-state index in [-0.39, 0.29) is 18.5 Å². The van der Waals surface area contributed by atoms with E-state index < -0.39 is 0 Å². The van der Waals surface area contributed by atoms with Gasteiger partial charge in [0.2, 0.25) is 0 Å².